The molecule has 1 aromatic heterocycles. The van der Waals surface area contributed by atoms with Crippen molar-refractivity contribution in [2.24, 2.45) is 0 Å². The predicted molar refractivity (Wildman–Crippen MR) is 133 cm³/mol. The summed E-state index contributed by atoms with van der Waals surface area (Å²) >= 11 is 0. The number of hydrogen-bond acceptors (Lipinski definition) is 7. The number of aromatic nitrogens is 3. The number of rotatable bonds is 3. The Morgan fingerprint density at radius 2 is 2.03 bits per heavy atom. The average Bonchev–Trinajstić information content (AvgIpc) is 3.47. The Bertz CT molecular complexity index is 1120. The Hall–Kier alpha value is -3.47. The highest BCUT2D eigenvalue weighted by molar-refractivity contribution is 5.95. The lowest BCUT2D eigenvalue weighted by Gasteiger charge is -2.22. The molecule has 3 amide bonds. The van der Waals surface area contributed by atoms with Gasteiger partial charge in [0.2, 0.25) is 11.8 Å². The van der Waals surface area contributed by atoms with Crippen LogP contribution in [0, 0.1) is 0 Å². The molecule has 0 saturated carbocycles. The number of carbonyl (C=O) groups is 3. The summed E-state index contributed by atoms with van der Waals surface area (Å²) < 4.78 is 13.7. The number of benzene rings is 1. The number of hydrogen-bond donors (Lipinski definition) is 1. The lowest BCUT2D eigenvalue weighted by atomic mass is 10.1. The first-order valence-electron chi connectivity index (χ1n) is 13.1. The number of amides is 3. The maximum Gasteiger partial charge on any atom is 0.251 e. The third kappa shape index (κ3) is 6.46. The van der Waals surface area contributed by atoms with Gasteiger partial charge in [0.25, 0.3) is 5.91 Å². The summed E-state index contributed by atoms with van der Waals surface area (Å²) in [5.74, 6) is 0.459. The maximum absolute atomic E-state index is 13.1. The molecule has 3 aliphatic heterocycles. The van der Waals surface area contributed by atoms with E-state index in [0.29, 0.717) is 62.8 Å². The molecule has 0 aliphatic carbocycles. The van der Waals surface area contributed by atoms with Crippen LogP contribution in [0.4, 0.5) is 0 Å². The van der Waals surface area contributed by atoms with Gasteiger partial charge in [0, 0.05) is 57.5 Å². The molecule has 1 aromatic carbocycles. The van der Waals surface area contributed by atoms with Crippen molar-refractivity contribution < 1.29 is 23.9 Å². The van der Waals surface area contributed by atoms with Crippen molar-refractivity contribution in [2.45, 2.75) is 63.8 Å². The van der Waals surface area contributed by atoms with E-state index in [4.69, 9.17) is 9.47 Å². The van der Waals surface area contributed by atoms with Gasteiger partial charge in [-0.05, 0) is 31.0 Å². The van der Waals surface area contributed by atoms with Crippen molar-refractivity contribution in [1.82, 2.24) is 30.1 Å². The average molecular weight is 511 g/mol. The fraction of sp³-hybridized carbons (Fsp3) is 0.577. The van der Waals surface area contributed by atoms with E-state index < -0.39 is 6.10 Å². The molecular formula is C26H34N6O5. The van der Waals surface area contributed by atoms with E-state index in [2.05, 4.69) is 15.6 Å². The summed E-state index contributed by atoms with van der Waals surface area (Å²) in [6.07, 6.45) is 5.94. The third-order valence-corrected chi connectivity index (χ3v) is 7.13. The van der Waals surface area contributed by atoms with Crippen molar-refractivity contribution in [3.63, 3.8) is 0 Å². The fourth-order valence-electron chi connectivity index (χ4n) is 5.05. The van der Waals surface area contributed by atoms with Gasteiger partial charge in [-0.1, -0.05) is 17.7 Å². The first kappa shape index (κ1) is 25.2. The number of fused-ring (bicyclic) bond motifs is 5. The molecule has 3 aliphatic rings. The number of ether oxygens (including phenoxy) is 2. The molecule has 0 unspecified atom stereocenters. The largest absolute Gasteiger partial charge is 0.494 e. The number of carbonyl (C=O) groups excluding carboxylic acids is 3. The van der Waals surface area contributed by atoms with Crippen LogP contribution in [-0.4, -0.2) is 87.4 Å². The topological polar surface area (TPSA) is 119 Å². The minimum Gasteiger partial charge on any atom is -0.494 e. The van der Waals surface area contributed by atoms with Crippen LogP contribution >= 0.6 is 0 Å². The van der Waals surface area contributed by atoms with Crippen molar-refractivity contribution in [2.75, 3.05) is 32.8 Å². The van der Waals surface area contributed by atoms with E-state index in [1.807, 2.05) is 12.3 Å². The highest BCUT2D eigenvalue weighted by atomic mass is 16.5. The zero-order valence-electron chi connectivity index (χ0n) is 21.0. The monoisotopic (exact) mass is 510 g/mol. The Morgan fingerprint density at radius 3 is 2.95 bits per heavy atom. The number of likely N-dealkylation sites (tertiary alicyclic amines) is 2. The SMILES string of the molecule is O=C1N[C@H]2CN(C(=O)CCN3CCCCCC3=O)C[C@@H]2OCc2cn(nn2)CCCOc2cccc1c2. The molecule has 11 heteroatoms. The molecule has 2 atom stereocenters. The smallest absolute Gasteiger partial charge is 0.251 e. The quantitative estimate of drug-likeness (QED) is 0.663. The van der Waals surface area contributed by atoms with Crippen LogP contribution in [0.15, 0.2) is 30.5 Å². The molecule has 0 spiro atoms. The van der Waals surface area contributed by atoms with Crippen molar-refractivity contribution in [1.29, 1.82) is 0 Å². The van der Waals surface area contributed by atoms with Gasteiger partial charge in [-0.2, -0.15) is 0 Å². The molecule has 2 aromatic rings. The lowest BCUT2D eigenvalue weighted by Crippen LogP contribution is -2.44. The van der Waals surface area contributed by atoms with Gasteiger partial charge in [-0.15, -0.1) is 5.10 Å². The molecule has 1 N–H and O–H groups in total. The molecule has 2 fully saturated rings. The molecule has 5 rings (SSSR count). The Kier molecular flexibility index (Phi) is 7.98. The molecule has 198 valence electrons. The molecular weight excluding hydrogens is 476 g/mol. The minimum atomic E-state index is -0.398. The summed E-state index contributed by atoms with van der Waals surface area (Å²) in [6, 6.07) is 6.69. The predicted octanol–water partition coefficient (Wildman–Crippen LogP) is 1.38. The highest BCUT2D eigenvalue weighted by Gasteiger charge is 2.37. The third-order valence-electron chi connectivity index (χ3n) is 7.13. The van der Waals surface area contributed by atoms with Gasteiger partial charge >= 0.3 is 0 Å². The minimum absolute atomic E-state index is 0.0466. The second-order valence-corrected chi connectivity index (χ2v) is 9.87. The zero-order chi connectivity index (χ0) is 25.6. The van der Waals surface area contributed by atoms with Crippen LogP contribution in [0.1, 0.15) is 54.6 Å². The van der Waals surface area contributed by atoms with E-state index in [1.54, 1.807) is 32.7 Å². The Labute approximate surface area is 216 Å². The van der Waals surface area contributed by atoms with E-state index in [1.165, 1.54) is 0 Å². The number of nitrogens with zero attached hydrogens (tertiary/aromatic N) is 5. The second kappa shape index (κ2) is 11.7. The Balaban J connectivity index is 1.28. The molecule has 2 saturated heterocycles. The molecule has 11 nitrogen and oxygen atoms in total. The fourth-order valence-corrected chi connectivity index (χ4v) is 5.05. The van der Waals surface area contributed by atoms with Crippen molar-refractivity contribution >= 4 is 17.7 Å². The van der Waals surface area contributed by atoms with Gasteiger partial charge in [0.15, 0.2) is 0 Å². The lowest BCUT2D eigenvalue weighted by molar-refractivity contribution is -0.134. The Morgan fingerprint density at radius 1 is 1.11 bits per heavy atom. The standard InChI is InChI=1S/C26H34N6O5/c33-24-8-2-1-3-10-30(24)12-9-25(34)31-16-22-23(17-31)37-18-20-15-32(29-28-20)11-5-13-36-21-7-4-6-19(14-21)26(35)27-22/h4,6-7,14-15,22-23H,1-3,5,8-13,16-18H2,(H,27,35)/t22-,23-/m0/s1. The summed E-state index contributed by atoms with van der Waals surface area (Å²) in [5, 5.41) is 11.4. The summed E-state index contributed by atoms with van der Waals surface area (Å²) in [6.45, 7) is 3.20. The van der Waals surface area contributed by atoms with Crippen LogP contribution in [0.2, 0.25) is 0 Å². The first-order chi connectivity index (χ1) is 18.0. The molecule has 37 heavy (non-hydrogen) atoms. The summed E-state index contributed by atoms with van der Waals surface area (Å²) in [4.78, 5) is 42.1. The van der Waals surface area contributed by atoms with Crippen LogP contribution < -0.4 is 10.1 Å². The summed E-state index contributed by atoms with van der Waals surface area (Å²) in [7, 11) is 0. The van der Waals surface area contributed by atoms with Gasteiger partial charge < -0.3 is 24.6 Å². The molecule has 4 heterocycles. The first-order valence-corrected chi connectivity index (χ1v) is 13.1. The second-order valence-electron chi connectivity index (χ2n) is 9.87. The zero-order valence-corrected chi connectivity index (χ0v) is 21.0. The summed E-state index contributed by atoms with van der Waals surface area (Å²) in [5.41, 5.74) is 1.18. The van der Waals surface area contributed by atoms with Crippen LogP contribution in [0.5, 0.6) is 5.75 Å². The van der Waals surface area contributed by atoms with Gasteiger partial charge in [0.1, 0.15) is 11.4 Å². The van der Waals surface area contributed by atoms with E-state index >= 15 is 0 Å². The van der Waals surface area contributed by atoms with Crippen LogP contribution in [0.3, 0.4) is 0 Å². The van der Waals surface area contributed by atoms with E-state index in [0.717, 1.165) is 25.7 Å². The molecule has 0 radical (unpaired) electrons. The molecule has 4 bridgehead atoms. The van der Waals surface area contributed by atoms with E-state index in [9.17, 15) is 14.4 Å². The van der Waals surface area contributed by atoms with Gasteiger partial charge in [-0.25, -0.2) is 0 Å². The van der Waals surface area contributed by atoms with Crippen LogP contribution in [0.25, 0.3) is 0 Å². The van der Waals surface area contributed by atoms with Crippen molar-refractivity contribution in [3.8, 4) is 5.75 Å². The van der Waals surface area contributed by atoms with Crippen molar-refractivity contribution in [3.05, 3.63) is 41.7 Å². The maximum atomic E-state index is 13.1. The van der Waals surface area contributed by atoms with Crippen LogP contribution in [-0.2, 0) is 27.5 Å². The van der Waals surface area contributed by atoms with E-state index in [-0.39, 0.29) is 36.8 Å². The number of nitrogens with one attached hydrogen (secondary N) is 1. The normalized spacial score (nSPS) is 23.1. The highest BCUT2D eigenvalue weighted by Crippen LogP contribution is 2.20. The number of aryl methyl sites for hydroxylation is 1. The van der Waals surface area contributed by atoms with Gasteiger partial charge in [-0.3, -0.25) is 19.1 Å². The van der Waals surface area contributed by atoms with Gasteiger partial charge in [0.05, 0.1) is 31.6 Å².